The lowest BCUT2D eigenvalue weighted by Crippen LogP contribution is -1.71. The van der Waals surface area contributed by atoms with Crippen molar-refractivity contribution in [3.05, 3.63) is 31.7 Å². The van der Waals surface area contributed by atoms with Crippen LogP contribution in [-0.2, 0) is 0 Å². The van der Waals surface area contributed by atoms with E-state index in [1.54, 1.807) is 0 Å². The van der Waals surface area contributed by atoms with E-state index in [0.717, 1.165) is 5.02 Å². The van der Waals surface area contributed by atoms with Crippen LogP contribution in [0.5, 0.6) is 0 Å². The van der Waals surface area contributed by atoms with Crippen LogP contribution in [0.25, 0.3) is 10.1 Å². The molecule has 0 N–H and O–H groups in total. The molecule has 0 unspecified atom stereocenters. The van der Waals surface area contributed by atoms with Crippen molar-refractivity contribution in [2.75, 3.05) is 0 Å². The number of thiophene rings is 1. The van der Waals surface area contributed by atoms with Crippen LogP contribution in [0.4, 0.5) is 0 Å². The first-order valence-corrected chi connectivity index (χ1v) is 5.79. The molecule has 0 saturated heterocycles. The van der Waals surface area contributed by atoms with E-state index < -0.39 is 0 Å². The van der Waals surface area contributed by atoms with Gasteiger partial charge >= 0.3 is 0 Å². The summed E-state index contributed by atoms with van der Waals surface area (Å²) < 4.78 is 2.66. The lowest BCUT2D eigenvalue weighted by atomic mass is 10.2. The van der Waals surface area contributed by atoms with Crippen molar-refractivity contribution in [2.45, 2.75) is 6.92 Å². The fourth-order valence-electron chi connectivity index (χ4n) is 1.25. The van der Waals surface area contributed by atoms with Gasteiger partial charge in [-0.1, -0.05) is 11.6 Å². The van der Waals surface area contributed by atoms with Crippen molar-refractivity contribution in [1.29, 1.82) is 0 Å². The third-order valence-electron chi connectivity index (χ3n) is 1.74. The SMILES string of the molecule is Cc1cc(Cl)cc2cc(I)sc12. The van der Waals surface area contributed by atoms with Gasteiger partial charge in [0, 0.05) is 9.72 Å². The zero-order valence-corrected chi connectivity index (χ0v) is 10.1. The van der Waals surface area contributed by atoms with Crippen LogP contribution in [0.15, 0.2) is 18.2 Å². The highest BCUT2D eigenvalue weighted by Gasteiger charge is 2.03. The van der Waals surface area contributed by atoms with Crippen molar-refractivity contribution in [2.24, 2.45) is 0 Å². The molecule has 0 nitrogen and oxygen atoms in total. The summed E-state index contributed by atoms with van der Waals surface area (Å²) in [5.41, 5.74) is 1.27. The van der Waals surface area contributed by atoms with Gasteiger partial charge in [0.15, 0.2) is 0 Å². The Morgan fingerprint density at radius 1 is 1.33 bits per heavy atom. The van der Waals surface area contributed by atoms with Gasteiger partial charge in [-0.05, 0) is 58.7 Å². The zero-order valence-electron chi connectivity index (χ0n) is 6.40. The van der Waals surface area contributed by atoms with E-state index in [1.807, 2.05) is 23.5 Å². The van der Waals surface area contributed by atoms with Crippen molar-refractivity contribution < 1.29 is 0 Å². The van der Waals surface area contributed by atoms with Gasteiger partial charge in [0.25, 0.3) is 0 Å². The van der Waals surface area contributed by atoms with E-state index in [2.05, 4.69) is 35.6 Å². The average molecular weight is 309 g/mol. The molecule has 12 heavy (non-hydrogen) atoms. The molecule has 2 rings (SSSR count). The molecule has 0 saturated carbocycles. The number of hydrogen-bond acceptors (Lipinski definition) is 1. The zero-order chi connectivity index (χ0) is 8.72. The Labute approximate surface area is 93.7 Å². The number of hydrogen-bond donors (Lipinski definition) is 0. The Morgan fingerprint density at radius 3 is 2.83 bits per heavy atom. The smallest absolute Gasteiger partial charge is 0.0666 e. The number of aryl methyl sites for hydroxylation is 1. The minimum absolute atomic E-state index is 0.828. The van der Waals surface area contributed by atoms with E-state index >= 15 is 0 Å². The fraction of sp³-hybridized carbons (Fsp3) is 0.111. The van der Waals surface area contributed by atoms with Crippen LogP contribution >= 0.6 is 45.5 Å². The van der Waals surface area contributed by atoms with Gasteiger partial charge in [-0.15, -0.1) is 11.3 Å². The number of rotatable bonds is 0. The molecule has 0 amide bonds. The Bertz CT molecular complexity index is 433. The average Bonchev–Trinajstić information content (AvgIpc) is 2.29. The Balaban J connectivity index is 2.88. The van der Waals surface area contributed by atoms with E-state index in [1.165, 1.54) is 18.5 Å². The molecule has 0 aliphatic carbocycles. The molecule has 1 heterocycles. The second-order valence-corrected chi connectivity index (χ2v) is 6.07. The topological polar surface area (TPSA) is 0 Å². The molecule has 0 aliphatic heterocycles. The second-order valence-electron chi connectivity index (χ2n) is 2.69. The summed E-state index contributed by atoms with van der Waals surface area (Å²) in [6, 6.07) is 6.19. The first-order chi connectivity index (χ1) is 5.66. The highest BCUT2D eigenvalue weighted by molar-refractivity contribution is 14.1. The molecule has 3 heteroatoms. The van der Waals surface area contributed by atoms with Crippen LogP contribution in [0.3, 0.4) is 0 Å². The summed E-state index contributed by atoms with van der Waals surface area (Å²) in [4.78, 5) is 0. The van der Waals surface area contributed by atoms with E-state index in [-0.39, 0.29) is 0 Å². The fourth-order valence-corrected chi connectivity index (χ4v) is 3.37. The minimum Gasteiger partial charge on any atom is -0.129 e. The van der Waals surface area contributed by atoms with Gasteiger partial charge in [0.2, 0.25) is 0 Å². The number of halogens is 2. The Kier molecular flexibility index (Phi) is 2.31. The van der Waals surface area contributed by atoms with Gasteiger partial charge in [-0.2, -0.15) is 0 Å². The molecule has 1 aromatic carbocycles. The van der Waals surface area contributed by atoms with Crippen LogP contribution < -0.4 is 0 Å². The van der Waals surface area contributed by atoms with E-state index in [4.69, 9.17) is 11.6 Å². The van der Waals surface area contributed by atoms with Crippen LogP contribution in [-0.4, -0.2) is 0 Å². The third kappa shape index (κ3) is 1.47. The maximum Gasteiger partial charge on any atom is 0.0666 e. The second kappa shape index (κ2) is 3.16. The maximum atomic E-state index is 5.94. The van der Waals surface area contributed by atoms with Crippen molar-refractivity contribution in [3.8, 4) is 0 Å². The van der Waals surface area contributed by atoms with Gasteiger partial charge in [0.1, 0.15) is 0 Å². The Hall–Kier alpha value is 0.200. The van der Waals surface area contributed by atoms with Crippen LogP contribution in [0, 0.1) is 9.81 Å². The highest BCUT2D eigenvalue weighted by Crippen LogP contribution is 2.31. The molecular weight excluding hydrogens is 303 g/mol. The van der Waals surface area contributed by atoms with Crippen molar-refractivity contribution >= 4 is 55.6 Å². The third-order valence-corrected chi connectivity index (χ3v) is 4.00. The van der Waals surface area contributed by atoms with Crippen LogP contribution in [0.2, 0.25) is 5.02 Å². The maximum absolute atomic E-state index is 5.94. The first kappa shape index (κ1) is 8.78. The summed E-state index contributed by atoms with van der Waals surface area (Å²) in [6.45, 7) is 2.10. The predicted octanol–water partition coefficient (Wildman–Crippen LogP) is 4.47. The summed E-state index contributed by atoms with van der Waals surface area (Å²) in [5, 5.41) is 2.09. The number of benzene rings is 1. The normalized spacial score (nSPS) is 10.9. The van der Waals surface area contributed by atoms with Gasteiger partial charge < -0.3 is 0 Å². The lowest BCUT2D eigenvalue weighted by Gasteiger charge is -1.95. The quantitative estimate of drug-likeness (QED) is 0.630. The molecule has 0 aliphatic rings. The monoisotopic (exact) mass is 308 g/mol. The molecule has 0 atom stereocenters. The molecule has 0 bridgehead atoms. The highest BCUT2D eigenvalue weighted by atomic mass is 127. The summed E-state index contributed by atoms with van der Waals surface area (Å²) >= 11 is 10.1. The lowest BCUT2D eigenvalue weighted by molar-refractivity contribution is 1.56. The van der Waals surface area contributed by atoms with E-state index in [0.29, 0.717) is 0 Å². The molecule has 0 fully saturated rings. The largest absolute Gasteiger partial charge is 0.129 e. The summed E-state index contributed by atoms with van der Waals surface area (Å²) in [5.74, 6) is 0. The van der Waals surface area contributed by atoms with Crippen molar-refractivity contribution in [3.63, 3.8) is 0 Å². The van der Waals surface area contributed by atoms with Crippen LogP contribution in [0.1, 0.15) is 5.56 Å². The summed E-state index contributed by atoms with van der Waals surface area (Å²) in [6.07, 6.45) is 0. The van der Waals surface area contributed by atoms with Gasteiger partial charge in [-0.25, -0.2) is 0 Å². The van der Waals surface area contributed by atoms with Gasteiger partial charge in [0.05, 0.1) is 2.88 Å². The standard InChI is InChI=1S/C9H6ClIS/c1-5-2-7(10)3-6-4-8(11)12-9(5)6/h2-4H,1H3. The Morgan fingerprint density at radius 2 is 2.08 bits per heavy atom. The minimum atomic E-state index is 0.828. The number of fused-ring (bicyclic) bond motifs is 1. The first-order valence-electron chi connectivity index (χ1n) is 3.52. The molecular formula is C9H6ClIS. The summed E-state index contributed by atoms with van der Waals surface area (Å²) in [7, 11) is 0. The molecule has 0 radical (unpaired) electrons. The predicted molar refractivity (Wildman–Crippen MR) is 64.3 cm³/mol. The van der Waals surface area contributed by atoms with E-state index in [9.17, 15) is 0 Å². The van der Waals surface area contributed by atoms with Crippen molar-refractivity contribution in [1.82, 2.24) is 0 Å². The molecule has 2 aromatic rings. The molecule has 0 spiro atoms. The van der Waals surface area contributed by atoms with Gasteiger partial charge in [-0.3, -0.25) is 0 Å². The molecule has 1 aromatic heterocycles. The molecule has 62 valence electrons.